The lowest BCUT2D eigenvalue weighted by molar-refractivity contribution is -0.119. The van der Waals surface area contributed by atoms with Gasteiger partial charge < -0.3 is 9.88 Å². The topological polar surface area (TPSA) is 46.9 Å². The minimum atomic E-state index is 0.398. The molecule has 2 heterocycles. The van der Waals surface area contributed by atoms with Crippen molar-refractivity contribution >= 4 is 11.5 Å². The van der Waals surface area contributed by atoms with E-state index in [-0.39, 0.29) is 0 Å². The van der Waals surface area contributed by atoms with Gasteiger partial charge in [0, 0.05) is 49.9 Å². The standard InChI is InChI=1S/C18H23N3O/c22-16(5-3-4-11-21-12-10-19-14-21)9-8-15-13-20-18-7-2-1-6-17(15)18/h1-2,6-7,10,12,14-15,20H,3-5,8-9,11,13H2. The Morgan fingerprint density at radius 1 is 1.27 bits per heavy atom. The number of imidazole rings is 1. The smallest absolute Gasteiger partial charge is 0.132 e. The lowest BCUT2D eigenvalue weighted by atomic mass is 9.94. The molecule has 0 amide bonds. The van der Waals surface area contributed by atoms with E-state index in [9.17, 15) is 4.79 Å². The van der Waals surface area contributed by atoms with Crippen molar-refractivity contribution < 1.29 is 4.79 Å². The van der Waals surface area contributed by atoms with Gasteiger partial charge in [-0.1, -0.05) is 18.2 Å². The van der Waals surface area contributed by atoms with Crippen LogP contribution < -0.4 is 5.32 Å². The third kappa shape index (κ3) is 3.75. The molecule has 4 nitrogen and oxygen atoms in total. The first-order chi connectivity index (χ1) is 10.8. The summed E-state index contributed by atoms with van der Waals surface area (Å²) in [4.78, 5) is 16.1. The summed E-state index contributed by atoms with van der Waals surface area (Å²) in [6.45, 7) is 1.92. The zero-order chi connectivity index (χ0) is 15.2. The molecular formula is C18H23N3O. The summed E-state index contributed by atoms with van der Waals surface area (Å²) in [6, 6.07) is 8.43. The maximum absolute atomic E-state index is 12.0. The van der Waals surface area contributed by atoms with Crippen LogP contribution in [-0.4, -0.2) is 21.9 Å². The average molecular weight is 297 g/mol. The molecule has 4 heteroatoms. The summed E-state index contributed by atoms with van der Waals surface area (Å²) in [7, 11) is 0. The van der Waals surface area contributed by atoms with Gasteiger partial charge in [0.2, 0.25) is 0 Å². The number of aryl methyl sites for hydroxylation is 1. The minimum absolute atomic E-state index is 0.398. The molecule has 116 valence electrons. The Kier molecular flexibility index (Phi) is 4.88. The van der Waals surface area contributed by atoms with Crippen LogP contribution in [0.15, 0.2) is 43.0 Å². The second-order valence-corrected chi connectivity index (χ2v) is 6.00. The predicted molar refractivity (Wildman–Crippen MR) is 88.0 cm³/mol. The van der Waals surface area contributed by atoms with E-state index in [1.54, 1.807) is 6.20 Å². The quantitative estimate of drug-likeness (QED) is 0.757. The Morgan fingerprint density at radius 2 is 2.18 bits per heavy atom. The number of hydrogen-bond donors (Lipinski definition) is 1. The van der Waals surface area contributed by atoms with Crippen molar-refractivity contribution in [3.05, 3.63) is 48.5 Å². The van der Waals surface area contributed by atoms with Gasteiger partial charge >= 0.3 is 0 Å². The largest absolute Gasteiger partial charge is 0.384 e. The van der Waals surface area contributed by atoms with Crippen LogP contribution in [0.1, 0.15) is 43.6 Å². The number of Topliss-reactive ketones (excluding diaryl/α,β-unsaturated/α-hetero) is 1. The van der Waals surface area contributed by atoms with E-state index in [0.29, 0.717) is 24.5 Å². The van der Waals surface area contributed by atoms with Crippen LogP contribution >= 0.6 is 0 Å². The Bertz CT molecular complexity index is 607. The zero-order valence-electron chi connectivity index (χ0n) is 12.9. The Labute approximate surface area is 131 Å². The molecule has 1 aliphatic rings. The number of benzene rings is 1. The first kappa shape index (κ1) is 14.8. The van der Waals surface area contributed by atoms with Gasteiger partial charge in [-0.3, -0.25) is 4.79 Å². The highest BCUT2D eigenvalue weighted by Crippen LogP contribution is 2.34. The lowest BCUT2D eigenvalue weighted by Crippen LogP contribution is -2.06. The fourth-order valence-electron chi connectivity index (χ4n) is 3.11. The van der Waals surface area contributed by atoms with Gasteiger partial charge in [0.1, 0.15) is 5.78 Å². The van der Waals surface area contributed by atoms with Crippen LogP contribution in [0.3, 0.4) is 0 Å². The van der Waals surface area contributed by atoms with E-state index in [1.807, 2.05) is 12.5 Å². The molecule has 1 aliphatic heterocycles. The number of carbonyl (C=O) groups is 1. The van der Waals surface area contributed by atoms with Crippen molar-refractivity contribution in [1.82, 2.24) is 9.55 Å². The number of fused-ring (bicyclic) bond motifs is 1. The molecule has 1 aromatic heterocycles. The molecule has 0 spiro atoms. The number of aromatic nitrogens is 2. The van der Waals surface area contributed by atoms with Crippen LogP contribution in [0.4, 0.5) is 5.69 Å². The highest BCUT2D eigenvalue weighted by atomic mass is 16.1. The van der Waals surface area contributed by atoms with E-state index < -0.39 is 0 Å². The number of nitrogens with zero attached hydrogens (tertiary/aromatic N) is 2. The number of unbranched alkanes of at least 4 members (excludes halogenated alkanes) is 1. The van der Waals surface area contributed by atoms with E-state index in [4.69, 9.17) is 0 Å². The van der Waals surface area contributed by atoms with Crippen molar-refractivity contribution in [3.63, 3.8) is 0 Å². The van der Waals surface area contributed by atoms with E-state index in [2.05, 4.69) is 39.1 Å². The summed E-state index contributed by atoms with van der Waals surface area (Å²) < 4.78 is 2.06. The van der Waals surface area contributed by atoms with Crippen LogP contribution in [-0.2, 0) is 11.3 Å². The van der Waals surface area contributed by atoms with E-state index in [0.717, 1.165) is 32.4 Å². The Morgan fingerprint density at radius 3 is 3.05 bits per heavy atom. The van der Waals surface area contributed by atoms with Crippen molar-refractivity contribution in [1.29, 1.82) is 0 Å². The molecule has 22 heavy (non-hydrogen) atoms. The van der Waals surface area contributed by atoms with Gasteiger partial charge in [-0.25, -0.2) is 4.98 Å². The van der Waals surface area contributed by atoms with E-state index >= 15 is 0 Å². The fraction of sp³-hybridized carbons (Fsp3) is 0.444. The molecule has 0 bridgehead atoms. The van der Waals surface area contributed by atoms with Crippen LogP contribution in [0.5, 0.6) is 0 Å². The van der Waals surface area contributed by atoms with Crippen molar-refractivity contribution in [2.75, 3.05) is 11.9 Å². The number of hydrogen-bond acceptors (Lipinski definition) is 3. The van der Waals surface area contributed by atoms with Gasteiger partial charge in [-0.05, 0) is 30.9 Å². The molecule has 3 rings (SSSR count). The van der Waals surface area contributed by atoms with Crippen LogP contribution in [0, 0.1) is 0 Å². The number of ketones is 1. The van der Waals surface area contributed by atoms with Gasteiger partial charge in [-0.15, -0.1) is 0 Å². The number of para-hydroxylation sites is 1. The lowest BCUT2D eigenvalue weighted by Gasteiger charge is -2.09. The second kappa shape index (κ2) is 7.25. The van der Waals surface area contributed by atoms with Gasteiger partial charge in [0.15, 0.2) is 0 Å². The number of carbonyl (C=O) groups excluding carboxylic acids is 1. The summed E-state index contributed by atoms with van der Waals surface area (Å²) in [5.74, 6) is 0.890. The Balaban J connectivity index is 1.35. The first-order valence-electron chi connectivity index (χ1n) is 8.13. The predicted octanol–water partition coefficient (Wildman–Crippen LogP) is 3.61. The molecule has 1 atom stereocenters. The molecule has 2 aromatic rings. The zero-order valence-corrected chi connectivity index (χ0v) is 12.9. The highest BCUT2D eigenvalue weighted by Gasteiger charge is 2.21. The molecular weight excluding hydrogens is 274 g/mol. The number of rotatable bonds is 8. The first-order valence-corrected chi connectivity index (χ1v) is 8.13. The fourth-order valence-corrected chi connectivity index (χ4v) is 3.11. The van der Waals surface area contributed by atoms with Crippen LogP contribution in [0.25, 0.3) is 0 Å². The maximum Gasteiger partial charge on any atom is 0.132 e. The van der Waals surface area contributed by atoms with Crippen molar-refractivity contribution in [3.8, 4) is 0 Å². The molecule has 0 saturated carbocycles. The molecule has 0 saturated heterocycles. The van der Waals surface area contributed by atoms with E-state index in [1.165, 1.54) is 11.3 Å². The molecule has 1 N–H and O–H groups in total. The van der Waals surface area contributed by atoms with Gasteiger partial charge in [-0.2, -0.15) is 0 Å². The third-order valence-electron chi connectivity index (χ3n) is 4.39. The molecule has 1 aromatic carbocycles. The summed E-state index contributed by atoms with van der Waals surface area (Å²) in [5.41, 5.74) is 2.61. The monoisotopic (exact) mass is 297 g/mol. The molecule has 1 unspecified atom stereocenters. The SMILES string of the molecule is O=C(CCCCn1ccnc1)CCC1CNc2ccccc21. The summed E-state index contributed by atoms with van der Waals surface area (Å²) >= 11 is 0. The maximum atomic E-state index is 12.0. The van der Waals surface area contributed by atoms with Gasteiger partial charge in [0.05, 0.1) is 6.33 Å². The number of anilines is 1. The molecule has 0 fully saturated rings. The second-order valence-electron chi connectivity index (χ2n) is 6.00. The molecule has 0 aliphatic carbocycles. The average Bonchev–Trinajstić information content (AvgIpc) is 3.19. The molecule has 0 radical (unpaired) electrons. The van der Waals surface area contributed by atoms with Gasteiger partial charge in [0.25, 0.3) is 0 Å². The minimum Gasteiger partial charge on any atom is -0.384 e. The normalized spacial score (nSPS) is 16.3. The summed E-state index contributed by atoms with van der Waals surface area (Å²) in [5, 5.41) is 3.42. The van der Waals surface area contributed by atoms with Crippen molar-refractivity contribution in [2.45, 2.75) is 44.6 Å². The van der Waals surface area contributed by atoms with Crippen molar-refractivity contribution in [2.24, 2.45) is 0 Å². The summed E-state index contributed by atoms with van der Waals surface area (Å²) in [6.07, 6.45) is 9.95. The highest BCUT2D eigenvalue weighted by molar-refractivity contribution is 5.78. The number of nitrogens with one attached hydrogen (secondary N) is 1. The van der Waals surface area contributed by atoms with Crippen LogP contribution in [0.2, 0.25) is 0 Å². The Hall–Kier alpha value is -2.10. The third-order valence-corrected chi connectivity index (χ3v) is 4.39.